The lowest BCUT2D eigenvalue weighted by Crippen LogP contribution is -2.02. The van der Waals surface area contributed by atoms with Crippen LogP contribution in [0.25, 0.3) is 0 Å². The predicted octanol–water partition coefficient (Wildman–Crippen LogP) is 2.42. The van der Waals surface area contributed by atoms with E-state index < -0.39 is 4.92 Å². The summed E-state index contributed by atoms with van der Waals surface area (Å²) < 4.78 is 1.64. The van der Waals surface area contributed by atoms with E-state index in [0.29, 0.717) is 5.56 Å². The molecule has 0 aliphatic rings. The van der Waals surface area contributed by atoms with E-state index in [1.165, 1.54) is 6.07 Å². The highest BCUT2D eigenvalue weighted by atomic mass is 127. The van der Waals surface area contributed by atoms with Gasteiger partial charge < -0.3 is 5.73 Å². The molecule has 0 amide bonds. The molecule has 0 saturated heterocycles. The molecule has 0 heterocycles. The van der Waals surface area contributed by atoms with Crippen LogP contribution in [0.3, 0.4) is 0 Å². The number of nitrogens with two attached hydrogens (primary N) is 1. The Bertz CT molecular complexity index is 357. The maximum atomic E-state index is 10.6. The number of nitro benzene ring substituents is 1. The van der Waals surface area contributed by atoms with Crippen LogP contribution in [0.15, 0.2) is 16.6 Å². The number of benzene rings is 1. The molecule has 0 unspecified atom stereocenters. The van der Waals surface area contributed by atoms with Gasteiger partial charge in [0.05, 0.1) is 4.92 Å². The van der Waals surface area contributed by atoms with Crippen LogP contribution in [-0.2, 0) is 6.54 Å². The SMILES string of the molecule is NCc1cc(I)c(Br)cc1[N+](=O)[O-]. The maximum absolute atomic E-state index is 10.6. The Balaban J connectivity index is 3.33. The molecule has 0 fully saturated rings. The summed E-state index contributed by atoms with van der Waals surface area (Å²) >= 11 is 5.31. The van der Waals surface area contributed by atoms with Crippen molar-refractivity contribution >= 4 is 44.2 Å². The zero-order chi connectivity index (χ0) is 10.0. The van der Waals surface area contributed by atoms with E-state index in [1.807, 2.05) is 0 Å². The Morgan fingerprint density at radius 3 is 2.69 bits per heavy atom. The van der Waals surface area contributed by atoms with Gasteiger partial charge in [0, 0.05) is 26.2 Å². The molecule has 1 rings (SSSR count). The van der Waals surface area contributed by atoms with Gasteiger partial charge in [0.2, 0.25) is 0 Å². The molecule has 13 heavy (non-hydrogen) atoms. The number of nitro groups is 1. The molecular formula is C7H6BrIN2O2. The molecule has 0 bridgehead atoms. The van der Waals surface area contributed by atoms with Crippen molar-refractivity contribution in [1.82, 2.24) is 0 Å². The Morgan fingerprint density at radius 2 is 2.23 bits per heavy atom. The Hall–Kier alpha value is -0.210. The van der Waals surface area contributed by atoms with Crippen molar-refractivity contribution in [2.24, 2.45) is 5.73 Å². The van der Waals surface area contributed by atoms with Gasteiger partial charge in [-0.05, 0) is 44.6 Å². The lowest BCUT2D eigenvalue weighted by Gasteiger charge is -2.02. The molecule has 0 saturated carbocycles. The fourth-order valence-corrected chi connectivity index (χ4v) is 1.77. The molecule has 2 N–H and O–H groups in total. The van der Waals surface area contributed by atoms with Crippen LogP contribution in [0.2, 0.25) is 0 Å². The summed E-state index contributed by atoms with van der Waals surface area (Å²) in [5, 5.41) is 10.6. The standard InChI is InChI=1S/C7H6BrIN2O2/c8-5-2-7(11(12)13)4(3-10)1-6(5)9/h1-2H,3,10H2. The van der Waals surface area contributed by atoms with E-state index in [4.69, 9.17) is 5.73 Å². The Morgan fingerprint density at radius 1 is 1.62 bits per heavy atom. The summed E-state index contributed by atoms with van der Waals surface area (Å²) in [4.78, 5) is 10.1. The number of halogens is 2. The average molecular weight is 357 g/mol. The van der Waals surface area contributed by atoms with Gasteiger partial charge in [0.15, 0.2) is 0 Å². The van der Waals surface area contributed by atoms with Crippen LogP contribution in [-0.4, -0.2) is 4.92 Å². The molecule has 6 heteroatoms. The molecular weight excluding hydrogens is 351 g/mol. The number of hydrogen-bond donors (Lipinski definition) is 1. The second-order valence-corrected chi connectivity index (χ2v) is 4.37. The van der Waals surface area contributed by atoms with E-state index in [0.717, 1.165) is 8.04 Å². The summed E-state index contributed by atoms with van der Waals surface area (Å²) in [7, 11) is 0. The first-order valence-electron chi connectivity index (χ1n) is 3.38. The van der Waals surface area contributed by atoms with Crippen LogP contribution in [0.1, 0.15) is 5.56 Å². The Kier molecular flexibility index (Phi) is 3.63. The normalized spacial score (nSPS) is 10.1. The van der Waals surface area contributed by atoms with Crippen molar-refractivity contribution in [2.75, 3.05) is 0 Å². The molecule has 1 aromatic rings. The minimum absolute atomic E-state index is 0.0646. The van der Waals surface area contributed by atoms with Gasteiger partial charge >= 0.3 is 0 Å². The molecule has 1 aromatic carbocycles. The second kappa shape index (κ2) is 4.34. The third-order valence-electron chi connectivity index (χ3n) is 1.54. The highest BCUT2D eigenvalue weighted by molar-refractivity contribution is 14.1. The van der Waals surface area contributed by atoms with Gasteiger partial charge in [0.1, 0.15) is 0 Å². The smallest absolute Gasteiger partial charge is 0.275 e. The van der Waals surface area contributed by atoms with Gasteiger partial charge in [0.25, 0.3) is 5.69 Å². The van der Waals surface area contributed by atoms with E-state index in [1.54, 1.807) is 6.07 Å². The monoisotopic (exact) mass is 356 g/mol. The minimum atomic E-state index is -0.428. The molecule has 4 nitrogen and oxygen atoms in total. The second-order valence-electron chi connectivity index (χ2n) is 2.36. The molecule has 0 aliphatic heterocycles. The van der Waals surface area contributed by atoms with Crippen LogP contribution < -0.4 is 5.73 Å². The first-order chi connectivity index (χ1) is 6.06. The summed E-state index contributed by atoms with van der Waals surface area (Å²) in [5.74, 6) is 0. The molecule has 0 atom stereocenters. The van der Waals surface area contributed by atoms with Gasteiger partial charge in [-0.25, -0.2) is 0 Å². The molecule has 0 aliphatic carbocycles. The maximum Gasteiger partial charge on any atom is 0.275 e. The quantitative estimate of drug-likeness (QED) is 0.502. The van der Waals surface area contributed by atoms with Crippen molar-refractivity contribution in [1.29, 1.82) is 0 Å². The van der Waals surface area contributed by atoms with Crippen molar-refractivity contribution in [3.05, 3.63) is 35.9 Å². The number of rotatable bonds is 2. The fourth-order valence-electron chi connectivity index (χ4n) is 0.911. The minimum Gasteiger partial charge on any atom is -0.326 e. The highest BCUT2D eigenvalue weighted by Gasteiger charge is 2.14. The van der Waals surface area contributed by atoms with Crippen molar-refractivity contribution in [3.63, 3.8) is 0 Å². The van der Waals surface area contributed by atoms with Crippen LogP contribution >= 0.6 is 38.5 Å². The molecule has 0 radical (unpaired) electrons. The van der Waals surface area contributed by atoms with Crippen molar-refractivity contribution < 1.29 is 4.92 Å². The largest absolute Gasteiger partial charge is 0.326 e. The summed E-state index contributed by atoms with van der Waals surface area (Å²) in [6, 6.07) is 3.19. The van der Waals surface area contributed by atoms with Crippen LogP contribution in [0.4, 0.5) is 5.69 Å². The molecule has 70 valence electrons. The van der Waals surface area contributed by atoms with Gasteiger partial charge in [-0.2, -0.15) is 0 Å². The third kappa shape index (κ3) is 2.38. The lowest BCUT2D eigenvalue weighted by atomic mass is 10.2. The van der Waals surface area contributed by atoms with Crippen LogP contribution in [0.5, 0.6) is 0 Å². The fraction of sp³-hybridized carbons (Fsp3) is 0.143. The lowest BCUT2D eigenvalue weighted by molar-refractivity contribution is -0.385. The predicted molar refractivity (Wildman–Crippen MR) is 61.4 cm³/mol. The zero-order valence-corrected chi connectivity index (χ0v) is 10.2. The van der Waals surface area contributed by atoms with Crippen molar-refractivity contribution in [2.45, 2.75) is 6.54 Å². The Labute approximate surface area is 96.9 Å². The summed E-state index contributed by atoms with van der Waals surface area (Å²) in [6.45, 7) is 0.180. The number of hydrogen-bond acceptors (Lipinski definition) is 3. The molecule has 0 aromatic heterocycles. The first kappa shape index (κ1) is 10.9. The van der Waals surface area contributed by atoms with E-state index in [-0.39, 0.29) is 12.2 Å². The van der Waals surface area contributed by atoms with Crippen molar-refractivity contribution in [3.8, 4) is 0 Å². The van der Waals surface area contributed by atoms with Gasteiger partial charge in [-0.3, -0.25) is 10.1 Å². The topological polar surface area (TPSA) is 69.2 Å². The third-order valence-corrected chi connectivity index (χ3v) is 3.83. The highest BCUT2D eigenvalue weighted by Crippen LogP contribution is 2.28. The number of nitrogens with zero attached hydrogens (tertiary/aromatic N) is 1. The summed E-state index contributed by atoms with van der Waals surface area (Å²) in [5.41, 5.74) is 6.00. The zero-order valence-electron chi connectivity index (χ0n) is 6.46. The van der Waals surface area contributed by atoms with E-state index >= 15 is 0 Å². The first-order valence-corrected chi connectivity index (χ1v) is 5.25. The van der Waals surface area contributed by atoms with E-state index in [9.17, 15) is 10.1 Å². The van der Waals surface area contributed by atoms with Gasteiger partial charge in [-0.1, -0.05) is 0 Å². The average Bonchev–Trinajstić information content (AvgIpc) is 2.08. The molecule has 0 spiro atoms. The van der Waals surface area contributed by atoms with Gasteiger partial charge in [-0.15, -0.1) is 0 Å². The van der Waals surface area contributed by atoms with Crippen LogP contribution in [0, 0.1) is 13.7 Å². The van der Waals surface area contributed by atoms with E-state index in [2.05, 4.69) is 38.5 Å². The summed E-state index contributed by atoms with van der Waals surface area (Å²) in [6.07, 6.45) is 0.